The van der Waals surface area contributed by atoms with Gasteiger partial charge in [0.1, 0.15) is 0 Å². The molecule has 0 heterocycles. The van der Waals surface area contributed by atoms with Crippen LogP contribution in [-0.2, 0) is 4.79 Å². The molecule has 0 aliphatic rings. The molecule has 94 valence electrons. The van der Waals surface area contributed by atoms with Crippen molar-refractivity contribution in [1.29, 1.82) is 0 Å². The van der Waals surface area contributed by atoms with Crippen molar-refractivity contribution in [2.75, 3.05) is 6.26 Å². The summed E-state index contributed by atoms with van der Waals surface area (Å²) in [5.74, 6) is -0.814. The molecule has 0 saturated heterocycles. The van der Waals surface area contributed by atoms with Crippen molar-refractivity contribution in [3.05, 3.63) is 29.8 Å². The third-order valence-electron chi connectivity index (χ3n) is 2.92. The van der Waals surface area contributed by atoms with E-state index in [1.807, 2.05) is 44.4 Å². The molecule has 1 aromatic rings. The largest absolute Gasteiger partial charge is 0.481 e. The summed E-state index contributed by atoms with van der Waals surface area (Å²) in [4.78, 5) is 12.0. The van der Waals surface area contributed by atoms with E-state index < -0.39 is 11.4 Å². The minimum absolute atomic E-state index is 0.0679. The number of thioether (sulfide) groups is 1. The highest BCUT2D eigenvalue weighted by atomic mass is 32.2. The van der Waals surface area contributed by atoms with Crippen molar-refractivity contribution in [3.8, 4) is 0 Å². The number of carbonyl (C=O) groups is 1. The van der Waals surface area contributed by atoms with E-state index in [0.717, 1.165) is 5.56 Å². The Hall–Kier alpha value is -1.00. The Morgan fingerprint density at radius 1 is 1.41 bits per heavy atom. The lowest BCUT2D eigenvalue weighted by Crippen LogP contribution is -2.31. The Labute approximate surface area is 106 Å². The lowest BCUT2D eigenvalue weighted by molar-refractivity contribution is -0.139. The van der Waals surface area contributed by atoms with Gasteiger partial charge in [-0.25, -0.2) is 0 Å². The van der Waals surface area contributed by atoms with Crippen molar-refractivity contribution >= 4 is 17.7 Å². The molecule has 4 heteroatoms. The van der Waals surface area contributed by atoms with Crippen LogP contribution in [0.3, 0.4) is 0 Å². The third-order valence-corrected chi connectivity index (χ3v) is 3.67. The van der Waals surface area contributed by atoms with E-state index in [1.165, 1.54) is 4.90 Å². The Balaban J connectivity index is 2.87. The fourth-order valence-corrected chi connectivity index (χ4v) is 2.17. The topological polar surface area (TPSA) is 63.3 Å². The standard InChI is InChI=1S/C13H19NO2S/c1-13(2,8-11(15)16)12(14)9-4-6-10(17-3)7-5-9/h4-7,12H,8,14H2,1-3H3,(H,15,16). The Morgan fingerprint density at radius 2 is 1.94 bits per heavy atom. The number of aliphatic carboxylic acids is 1. The SMILES string of the molecule is CSc1ccc(C(N)C(C)(C)CC(=O)O)cc1. The fourth-order valence-electron chi connectivity index (χ4n) is 1.76. The molecule has 0 saturated carbocycles. The van der Waals surface area contributed by atoms with Gasteiger partial charge in [0.25, 0.3) is 0 Å². The van der Waals surface area contributed by atoms with E-state index >= 15 is 0 Å². The van der Waals surface area contributed by atoms with Gasteiger partial charge < -0.3 is 10.8 Å². The molecule has 3 nitrogen and oxygen atoms in total. The van der Waals surface area contributed by atoms with Gasteiger partial charge in [-0.3, -0.25) is 4.79 Å². The number of rotatable bonds is 5. The molecular weight excluding hydrogens is 234 g/mol. The smallest absolute Gasteiger partial charge is 0.303 e. The highest BCUT2D eigenvalue weighted by Gasteiger charge is 2.30. The van der Waals surface area contributed by atoms with Gasteiger partial charge in [-0.1, -0.05) is 26.0 Å². The summed E-state index contributed by atoms with van der Waals surface area (Å²) >= 11 is 1.67. The molecule has 0 aromatic heterocycles. The maximum absolute atomic E-state index is 10.8. The molecule has 0 aliphatic heterocycles. The molecule has 1 aromatic carbocycles. The number of benzene rings is 1. The molecular formula is C13H19NO2S. The summed E-state index contributed by atoms with van der Waals surface area (Å²) in [7, 11) is 0. The molecule has 0 aliphatic carbocycles. The fraction of sp³-hybridized carbons (Fsp3) is 0.462. The van der Waals surface area contributed by atoms with Gasteiger partial charge in [0, 0.05) is 10.9 Å². The first-order valence-electron chi connectivity index (χ1n) is 5.48. The second-order valence-electron chi connectivity index (χ2n) is 4.81. The van der Waals surface area contributed by atoms with Crippen LogP contribution in [0.15, 0.2) is 29.2 Å². The Bertz CT molecular complexity index is 387. The number of carboxylic acid groups (broad SMARTS) is 1. The number of nitrogens with two attached hydrogens (primary N) is 1. The van der Waals surface area contributed by atoms with Gasteiger partial charge >= 0.3 is 5.97 Å². The molecule has 1 unspecified atom stereocenters. The van der Waals surface area contributed by atoms with Crippen molar-refractivity contribution < 1.29 is 9.90 Å². The van der Waals surface area contributed by atoms with E-state index in [9.17, 15) is 4.79 Å². The molecule has 0 fully saturated rings. The van der Waals surface area contributed by atoms with Gasteiger partial charge in [-0.15, -0.1) is 11.8 Å². The summed E-state index contributed by atoms with van der Waals surface area (Å²) in [5, 5.41) is 8.87. The second-order valence-corrected chi connectivity index (χ2v) is 5.69. The third kappa shape index (κ3) is 3.75. The van der Waals surface area contributed by atoms with Gasteiger partial charge in [-0.05, 0) is 29.4 Å². The number of carboxylic acids is 1. The van der Waals surface area contributed by atoms with Gasteiger partial charge in [0.15, 0.2) is 0 Å². The maximum atomic E-state index is 10.8. The van der Waals surface area contributed by atoms with Gasteiger partial charge in [0.05, 0.1) is 6.42 Å². The first-order valence-corrected chi connectivity index (χ1v) is 6.70. The predicted octanol–water partition coefficient (Wildman–Crippen LogP) is 2.91. The van der Waals surface area contributed by atoms with Crippen molar-refractivity contribution in [3.63, 3.8) is 0 Å². The average Bonchev–Trinajstić information content (AvgIpc) is 2.26. The Morgan fingerprint density at radius 3 is 2.35 bits per heavy atom. The van der Waals surface area contributed by atoms with Crippen LogP contribution in [0.2, 0.25) is 0 Å². The summed E-state index contributed by atoms with van der Waals surface area (Å²) in [6.45, 7) is 3.77. The molecule has 0 amide bonds. The van der Waals surface area contributed by atoms with Gasteiger partial charge in [-0.2, -0.15) is 0 Å². The summed E-state index contributed by atoms with van der Waals surface area (Å²) in [5.41, 5.74) is 6.67. The highest BCUT2D eigenvalue weighted by Crippen LogP contribution is 2.34. The predicted molar refractivity (Wildman–Crippen MR) is 71.2 cm³/mol. The highest BCUT2D eigenvalue weighted by molar-refractivity contribution is 7.98. The molecule has 1 atom stereocenters. The Kier molecular flexibility index (Phi) is 4.60. The van der Waals surface area contributed by atoms with Crippen LogP contribution in [0.1, 0.15) is 31.9 Å². The van der Waals surface area contributed by atoms with Crippen LogP contribution < -0.4 is 5.73 Å². The minimum atomic E-state index is -0.814. The number of hydrogen-bond acceptors (Lipinski definition) is 3. The normalized spacial score (nSPS) is 13.4. The molecule has 17 heavy (non-hydrogen) atoms. The summed E-state index contributed by atoms with van der Waals surface area (Å²) in [6, 6.07) is 7.70. The molecule has 1 rings (SSSR count). The quantitative estimate of drug-likeness (QED) is 0.792. The van der Waals surface area contributed by atoms with E-state index in [-0.39, 0.29) is 12.5 Å². The maximum Gasteiger partial charge on any atom is 0.303 e. The first kappa shape index (κ1) is 14.1. The average molecular weight is 253 g/mol. The van der Waals surface area contributed by atoms with Crippen LogP contribution in [-0.4, -0.2) is 17.3 Å². The molecule has 0 bridgehead atoms. The van der Waals surface area contributed by atoms with Crippen LogP contribution in [0.5, 0.6) is 0 Å². The lowest BCUT2D eigenvalue weighted by atomic mass is 9.78. The van der Waals surface area contributed by atoms with Crippen LogP contribution in [0, 0.1) is 5.41 Å². The van der Waals surface area contributed by atoms with E-state index in [1.54, 1.807) is 11.8 Å². The van der Waals surface area contributed by atoms with Crippen molar-refractivity contribution in [2.45, 2.75) is 31.2 Å². The zero-order chi connectivity index (χ0) is 13.1. The summed E-state index contributed by atoms with van der Waals surface area (Å²) < 4.78 is 0. The van der Waals surface area contributed by atoms with E-state index in [4.69, 9.17) is 10.8 Å². The van der Waals surface area contributed by atoms with Crippen LogP contribution in [0.4, 0.5) is 0 Å². The molecule has 0 radical (unpaired) electrons. The van der Waals surface area contributed by atoms with Crippen molar-refractivity contribution in [1.82, 2.24) is 0 Å². The van der Waals surface area contributed by atoms with Crippen LogP contribution >= 0.6 is 11.8 Å². The van der Waals surface area contributed by atoms with Gasteiger partial charge in [0.2, 0.25) is 0 Å². The van der Waals surface area contributed by atoms with Crippen LogP contribution in [0.25, 0.3) is 0 Å². The summed E-state index contributed by atoms with van der Waals surface area (Å²) in [6.07, 6.45) is 2.09. The number of hydrogen-bond donors (Lipinski definition) is 2. The van der Waals surface area contributed by atoms with Crippen molar-refractivity contribution in [2.24, 2.45) is 11.1 Å². The zero-order valence-corrected chi connectivity index (χ0v) is 11.3. The lowest BCUT2D eigenvalue weighted by Gasteiger charge is -2.30. The first-order chi connectivity index (χ1) is 7.86. The van der Waals surface area contributed by atoms with E-state index in [2.05, 4.69) is 0 Å². The minimum Gasteiger partial charge on any atom is -0.481 e. The monoisotopic (exact) mass is 253 g/mol. The van der Waals surface area contributed by atoms with E-state index in [0.29, 0.717) is 0 Å². The zero-order valence-electron chi connectivity index (χ0n) is 10.4. The molecule has 0 spiro atoms. The second kappa shape index (κ2) is 5.56. The molecule has 3 N–H and O–H groups in total.